The lowest BCUT2D eigenvalue weighted by atomic mass is 10.2. The molecular formula is C21H18ClN5O2S. The van der Waals surface area contributed by atoms with Crippen molar-refractivity contribution in [1.82, 2.24) is 25.0 Å². The zero-order chi connectivity index (χ0) is 21.1. The smallest absolute Gasteiger partial charge is 0.350 e. The number of esters is 1. The number of hydrogen-bond acceptors (Lipinski definition) is 7. The lowest BCUT2D eigenvalue weighted by molar-refractivity contribution is 0.0472. The van der Waals surface area contributed by atoms with E-state index in [0.29, 0.717) is 27.0 Å². The van der Waals surface area contributed by atoms with Crippen LogP contribution in [0.15, 0.2) is 48.8 Å². The van der Waals surface area contributed by atoms with Crippen molar-refractivity contribution < 1.29 is 9.53 Å². The molecular weight excluding hydrogens is 422 g/mol. The number of carbonyl (C=O) groups excluding carboxylic acids is 1. The Morgan fingerprint density at radius 2 is 2.07 bits per heavy atom. The summed E-state index contributed by atoms with van der Waals surface area (Å²) < 4.78 is 6.99. The zero-order valence-electron chi connectivity index (χ0n) is 16.4. The fourth-order valence-electron chi connectivity index (χ4n) is 2.84. The topological polar surface area (TPSA) is 82.8 Å². The molecule has 3 heterocycles. The number of pyridine rings is 1. The molecule has 0 aliphatic carbocycles. The average molecular weight is 440 g/mol. The Labute approximate surface area is 182 Å². The maximum atomic E-state index is 12.6. The maximum Gasteiger partial charge on any atom is 0.350 e. The van der Waals surface area contributed by atoms with Crippen LogP contribution >= 0.6 is 22.9 Å². The van der Waals surface area contributed by atoms with Gasteiger partial charge in [0.05, 0.1) is 22.6 Å². The molecule has 0 unspecified atom stereocenters. The normalized spacial score (nSPS) is 10.9. The molecule has 0 bridgehead atoms. The summed E-state index contributed by atoms with van der Waals surface area (Å²) in [5, 5.41) is 9.42. The van der Waals surface area contributed by atoms with Crippen LogP contribution in [-0.2, 0) is 17.8 Å². The van der Waals surface area contributed by atoms with Gasteiger partial charge >= 0.3 is 5.97 Å². The first-order valence-corrected chi connectivity index (χ1v) is 10.5. The predicted octanol–water partition coefficient (Wildman–Crippen LogP) is 4.67. The van der Waals surface area contributed by atoms with Gasteiger partial charge in [0.2, 0.25) is 0 Å². The highest BCUT2D eigenvalue weighted by Crippen LogP contribution is 2.29. The van der Waals surface area contributed by atoms with Crippen LogP contribution in [0.25, 0.3) is 16.3 Å². The third-order valence-electron chi connectivity index (χ3n) is 4.40. The maximum absolute atomic E-state index is 12.6. The second-order valence-electron chi connectivity index (χ2n) is 6.50. The first kappa shape index (κ1) is 20.2. The molecule has 0 N–H and O–H groups in total. The number of benzene rings is 1. The number of ether oxygens (including phenoxy) is 1. The van der Waals surface area contributed by atoms with E-state index >= 15 is 0 Å². The molecule has 0 amide bonds. The summed E-state index contributed by atoms with van der Waals surface area (Å²) in [5.41, 5.74) is 3.78. The zero-order valence-corrected chi connectivity index (χ0v) is 17.9. The lowest BCUT2D eigenvalue weighted by Crippen LogP contribution is -2.05. The van der Waals surface area contributed by atoms with Gasteiger partial charge in [-0.15, -0.1) is 16.4 Å². The molecule has 0 saturated heterocycles. The number of thiazole rings is 1. The number of aryl methyl sites for hydroxylation is 2. The molecule has 30 heavy (non-hydrogen) atoms. The van der Waals surface area contributed by atoms with Crippen LogP contribution in [0.2, 0.25) is 5.02 Å². The van der Waals surface area contributed by atoms with E-state index in [9.17, 15) is 4.79 Å². The quantitative estimate of drug-likeness (QED) is 0.406. The minimum absolute atomic E-state index is 0.00516. The Balaban J connectivity index is 1.46. The number of para-hydroxylation sites is 1. The Morgan fingerprint density at radius 1 is 1.23 bits per heavy atom. The van der Waals surface area contributed by atoms with Crippen molar-refractivity contribution in [2.24, 2.45) is 0 Å². The Hall–Kier alpha value is -3.10. The van der Waals surface area contributed by atoms with Crippen molar-refractivity contribution in [2.45, 2.75) is 26.9 Å². The van der Waals surface area contributed by atoms with E-state index in [-0.39, 0.29) is 6.61 Å². The Kier molecular flexibility index (Phi) is 5.87. The summed E-state index contributed by atoms with van der Waals surface area (Å²) in [7, 11) is 0. The van der Waals surface area contributed by atoms with E-state index in [1.165, 1.54) is 11.3 Å². The molecule has 0 saturated carbocycles. The number of nitrogens with zero attached hydrogens (tertiary/aromatic N) is 5. The first-order valence-electron chi connectivity index (χ1n) is 9.31. The number of carbonyl (C=O) groups is 1. The van der Waals surface area contributed by atoms with E-state index in [1.54, 1.807) is 30.1 Å². The lowest BCUT2D eigenvalue weighted by Gasteiger charge is -2.02. The summed E-state index contributed by atoms with van der Waals surface area (Å²) in [6.07, 6.45) is 4.27. The van der Waals surface area contributed by atoms with Crippen LogP contribution in [-0.4, -0.2) is 30.9 Å². The minimum Gasteiger partial charge on any atom is -0.455 e. The molecule has 1 aromatic carbocycles. The summed E-state index contributed by atoms with van der Waals surface area (Å²) in [4.78, 5) is 21.9. The van der Waals surface area contributed by atoms with Gasteiger partial charge in [-0.1, -0.05) is 35.9 Å². The fourth-order valence-corrected chi connectivity index (χ4v) is 4.02. The van der Waals surface area contributed by atoms with Gasteiger partial charge in [0.1, 0.15) is 22.2 Å². The molecule has 0 radical (unpaired) electrons. The first-order chi connectivity index (χ1) is 14.5. The van der Waals surface area contributed by atoms with Gasteiger partial charge in [-0.3, -0.25) is 4.98 Å². The molecule has 0 spiro atoms. The summed E-state index contributed by atoms with van der Waals surface area (Å²) in [6.45, 7) is 3.85. The summed E-state index contributed by atoms with van der Waals surface area (Å²) in [5.74, 6) is -0.437. The highest BCUT2D eigenvalue weighted by molar-refractivity contribution is 7.17. The summed E-state index contributed by atoms with van der Waals surface area (Å²) >= 11 is 7.49. The molecule has 4 rings (SSSR count). The number of hydrogen-bond donors (Lipinski definition) is 0. The van der Waals surface area contributed by atoms with Crippen LogP contribution in [0.3, 0.4) is 0 Å². The van der Waals surface area contributed by atoms with Gasteiger partial charge in [-0.2, -0.15) is 0 Å². The van der Waals surface area contributed by atoms with Crippen LogP contribution in [0.5, 0.6) is 0 Å². The molecule has 0 aliphatic rings. The molecule has 7 nitrogen and oxygen atoms in total. The van der Waals surface area contributed by atoms with Crippen LogP contribution in [0.4, 0.5) is 0 Å². The Bertz CT molecular complexity index is 1200. The molecule has 9 heteroatoms. The van der Waals surface area contributed by atoms with E-state index in [2.05, 4.69) is 20.3 Å². The fraction of sp³-hybridized carbons (Fsp3) is 0.190. The minimum atomic E-state index is -0.437. The van der Waals surface area contributed by atoms with E-state index in [1.807, 2.05) is 37.3 Å². The van der Waals surface area contributed by atoms with E-state index < -0.39 is 5.97 Å². The van der Waals surface area contributed by atoms with Gasteiger partial charge in [0.25, 0.3) is 0 Å². The molecule has 3 aromatic heterocycles. The largest absolute Gasteiger partial charge is 0.455 e. The molecule has 0 aliphatic heterocycles. The molecule has 0 atom stereocenters. The summed E-state index contributed by atoms with van der Waals surface area (Å²) in [6, 6.07) is 11.2. The SMILES string of the molecule is CCc1cc(-c2nc(C)c(C(=O)OCc3cn(-c4ccccc4Cl)nn3)s2)ccn1. The van der Waals surface area contributed by atoms with Crippen molar-refractivity contribution >= 4 is 28.9 Å². The number of aromatic nitrogens is 5. The number of halogens is 1. The van der Waals surface area contributed by atoms with Crippen molar-refractivity contribution in [3.8, 4) is 16.3 Å². The third-order valence-corrected chi connectivity index (χ3v) is 5.91. The molecule has 4 aromatic rings. The van der Waals surface area contributed by atoms with Gasteiger partial charge in [0.15, 0.2) is 0 Å². The van der Waals surface area contributed by atoms with Crippen LogP contribution in [0, 0.1) is 6.92 Å². The monoisotopic (exact) mass is 439 g/mol. The predicted molar refractivity (Wildman–Crippen MR) is 115 cm³/mol. The highest BCUT2D eigenvalue weighted by Gasteiger charge is 2.18. The molecule has 0 fully saturated rings. The van der Waals surface area contributed by atoms with Crippen LogP contribution < -0.4 is 0 Å². The average Bonchev–Trinajstić information content (AvgIpc) is 3.39. The van der Waals surface area contributed by atoms with Crippen molar-refractivity contribution in [2.75, 3.05) is 0 Å². The second-order valence-corrected chi connectivity index (χ2v) is 7.91. The van der Waals surface area contributed by atoms with E-state index in [0.717, 1.165) is 22.7 Å². The van der Waals surface area contributed by atoms with Gasteiger partial charge in [-0.05, 0) is 37.6 Å². The van der Waals surface area contributed by atoms with Gasteiger partial charge in [-0.25, -0.2) is 14.5 Å². The van der Waals surface area contributed by atoms with Crippen molar-refractivity contribution in [3.05, 3.63) is 75.8 Å². The number of rotatable bonds is 6. The van der Waals surface area contributed by atoms with Crippen LogP contribution in [0.1, 0.15) is 33.7 Å². The molecule has 152 valence electrons. The third kappa shape index (κ3) is 4.24. The van der Waals surface area contributed by atoms with Crippen molar-refractivity contribution in [3.63, 3.8) is 0 Å². The highest BCUT2D eigenvalue weighted by atomic mass is 35.5. The van der Waals surface area contributed by atoms with Crippen molar-refractivity contribution in [1.29, 1.82) is 0 Å². The second kappa shape index (κ2) is 8.73. The van der Waals surface area contributed by atoms with E-state index in [4.69, 9.17) is 16.3 Å². The Morgan fingerprint density at radius 3 is 2.87 bits per heavy atom. The van der Waals surface area contributed by atoms with Gasteiger partial charge < -0.3 is 4.74 Å². The van der Waals surface area contributed by atoms with Gasteiger partial charge in [0, 0.05) is 17.5 Å². The standard InChI is InChI=1S/C21H18ClN5O2S/c1-3-15-10-14(8-9-23-15)20-24-13(2)19(30-20)21(28)29-12-16-11-27(26-25-16)18-7-5-4-6-17(18)22/h4-11H,3,12H2,1-2H3.